The van der Waals surface area contributed by atoms with Crippen molar-refractivity contribution in [3.8, 4) is 0 Å². The van der Waals surface area contributed by atoms with E-state index in [4.69, 9.17) is 9.47 Å². The maximum absolute atomic E-state index is 5.32. The van der Waals surface area contributed by atoms with Gasteiger partial charge in [-0.15, -0.1) is 0 Å². The first-order chi connectivity index (χ1) is 5.77. The fraction of sp³-hybridized carbons (Fsp3) is 1.00. The average molecular weight is 175 g/mol. The van der Waals surface area contributed by atoms with Crippen molar-refractivity contribution in [2.75, 3.05) is 47.1 Å². The SMILES string of the molecule is CCCOCCOCCN(C)C. The molecule has 0 aromatic heterocycles. The van der Waals surface area contributed by atoms with Crippen molar-refractivity contribution >= 4 is 0 Å². The molecule has 0 saturated heterocycles. The average Bonchev–Trinajstić information content (AvgIpc) is 2.02. The molecule has 0 aliphatic carbocycles. The maximum atomic E-state index is 5.32. The zero-order chi connectivity index (χ0) is 9.23. The molecule has 0 aromatic rings. The third-order valence-electron chi connectivity index (χ3n) is 1.40. The largest absolute Gasteiger partial charge is 0.379 e. The quantitative estimate of drug-likeness (QED) is 0.514. The standard InChI is InChI=1S/C9H21NO2/c1-4-6-11-8-9-12-7-5-10(2)3/h4-9H2,1-3H3. The van der Waals surface area contributed by atoms with Crippen LogP contribution in [0.1, 0.15) is 13.3 Å². The van der Waals surface area contributed by atoms with Gasteiger partial charge in [-0.2, -0.15) is 0 Å². The Labute approximate surface area is 75.6 Å². The minimum atomic E-state index is 0.716. The van der Waals surface area contributed by atoms with E-state index in [-0.39, 0.29) is 0 Å². The molecule has 0 heterocycles. The summed E-state index contributed by atoms with van der Waals surface area (Å²) in [6, 6.07) is 0. The Kier molecular flexibility index (Phi) is 8.88. The van der Waals surface area contributed by atoms with Gasteiger partial charge in [-0.1, -0.05) is 6.92 Å². The summed E-state index contributed by atoms with van der Waals surface area (Å²) in [6.45, 7) is 6.16. The van der Waals surface area contributed by atoms with Gasteiger partial charge in [-0.3, -0.25) is 0 Å². The fourth-order valence-corrected chi connectivity index (χ4v) is 0.713. The number of nitrogens with zero attached hydrogens (tertiary/aromatic N) is 1. The maximum Gasteiger partial charge on any atom is 0.0701 e. The molecule has 0 bridgehead atoms. The van der Waals surface area contributed by atoms with Gasteiger partial charge >= 0.3 is 0 Å². The Hall–Kier alpha value is -0.120. The molecule has 0 aliphatic heterocycles. The van der Waals surface area contributed by atoms with Crippen molar-refractivity contribution in [1.29, 1.82) is 0 Å². The van der Waals surface area contributed by atoms with Crippen molar-refractivity contribution in [3.05, 3.63) is 0 Å². The third-order valence-corrected chi connectivity index (χ3v) is 1.40. The molecule has 0 saturated carbocycles. The summed E-state index contributed by atoms with van der Waals surface area (Å²) in [5.74, 6) is 0. The van der Waals surface area contributed by atoms with Crippen LogP contribution in [-0.4, -0.2) is 52.0 Å². The normalized spacial score (nSPS) is 11.0. The Morgan fingerprint density at radius 1 is 0.917 bits per heavy atom. The van der Waals surface area contributed by atoms with E-state index in [1.165, 1.54) is 0 Å². The first kappa shape index (κ1) is 11.9. The molecule has 0 aliphatic rings. The molecule has 0 N–H and O–H groups in total. The minimum absolute atomic E-state index is 0.716. The predicted molar refractivity (Wildman–Crippen MR) is 50.5 cm³/mol. The first-order valence-electron chi connectivity index (χ1n) is 4.57. The van der Waals surface area contributed by atoms with Crippen LogP contribution in [0.3, 0.4) is 0 Å². The van der Waals surface area contributed by atoms with E-state index in [1.54, 1.807) is 0 Å². The van der Waals surface area contributed by atoms with Gasteiger partial charge in [-0.25, -0.2) is 0 Å². The molecule has 12 heavy (non-hydrogen) atoms. The monoisotopic (exact) mass is 175 g/mol. The molecule has 0 spiro atoms. The van der Waals surface area contributed by atoms with Crippen molar-refractivity contribution in [2.45, 2.75) is 13.3 Å². The highest BCUT2D eigenvalue weighted by atomic mass is 16.5. The van der Waals surface area contributed by atoms with Gasteiger partial charge in [0, 0.05) is 13.2 Å². The Balaban J connectivity index is 2.82. The van der Waals surface area contributed by atoms with Crippen molar-refractivity contribution in [3.63, 3.8) is 0 Å². The molecule has 0 rings (SSSR count). The van der Waals surface area contributed by atoms with Crippen LogP contribution in [-0.2, 0) is 9.47 Å². The van der Waals surface area contributed by atoms with E-state index in [0.29, 0.717) is 6.61 Å². The number of rotatable bonds is 8. The summed E-state index contributed by atoms with van der Waals surface area (Å²) in [6.07, 6.45) is 1.08. The van der Waals surface area contributed by atoms with E-state index in [2.05, 4.69) is 11.8 Å². The van der Waals surface area contributed by atoms with Crippen molar-refractivity contribution in [2.24, 2.45) is 0 Å². The molecule has 0 aromatic carbocycles. The van der Waals surface area contributed by atoms with Gasteiger partial charge in [-0.05, 0) is 20.5 Å². The van der Waals surface area contributed by atoms with E-state index in [9.17, 15) is 0 Å². The van der Waals surface area contributed by atoms with Crippen LogP contribution in [0.25, 0.3) is 0 Å². The summed E-state index contributed by atoms with van der Waals surface area (Å²) in [5, 5.41) is 0. The van der Waals surface area contributed by atoms with Gasteiger partial charge in [0.2, 0.25) is 0 Å². The number of ether oxygens (including phenoxy) is 2. The van der Waals surface area contributed by atoms with E-state index in [0.717, 1.165) is 32.8 Å². The lowest BCUT2D eigenvalue weighted by molar-refractivity contribution is 0.0430. The van der Waals surface area contributed by atoms with Crippen LogP contribution < -0.4 is 0 Å². The zero-order valence-electron chi connectivity index (χ0n) is 8.51. The summed E-state index contributed by atoms with van der Waals surface area (Å²) in [4.78, 5) is 2.10. The molecular weight excluding hydrogens is 154 g/mol. The fourth-order valence-electron chi connectivity index (χ4n) is 0.713. The smallest absolute Gasteiger partial charge is 0.0701 e. The number of likely N-dealkylation sites (N-methyl/N-ethyl adjacent to an activating group) is 1. The van der Waals surface area contributed by atoms with Crippen molar-refractivity contribution < 1.29 is 9.47 Å². The minimum Gasteiger partial charge on any atom is -0.379 e. The van der Waals surface area contributed by atoms with E-state index < -0.39 is 0 Å². The first-order valence-corrected chi connectivity index (χ1v) is 4.57. The van der Waals surface area contributed by atoms with Gasteiger partial charge in [0.05, 0.1) is 19.8 Å². The summed E-state index contributed by atoms with van der Waals surface area (Å²) < 4.78 is 10.6. The van der Waals surface area contributed by atoms with Crippen LogP contribution in [0, 0.1) is 0 Å². The topological polar surface area (TPSA) is 21.7 Å². The predicted octanol–water partition coefficient (Wildman–Crippen LogP) is 0.991. The molecular formula is C9H21NO2. The van der Waals surface area contributed by atoms with E-state index >= 15 is 0 Å². The van der Waals surface area contributed by atoms with Gasteiger partial charge < -0.3 is 14.4 Å². The molecule has 3 heteroatoms. The molecule has 0 radical (unpaired) electrons. The van der Waals surface area contributed by atoms with Crippen LogP contribution >= 0.6 is 0 Å². The molecule has 0 amide bonds. The van der Waals surface area contributed by atoms with Crippen molar-refractivity contribution in [1.82, 2.24) is 4.90 Å². The Bertz CT molecular complexity index is 86.6. The van der Waals surface area contributed by atoms with Crippen LogP contribution in [0.15, 0.2) is 0 Å². The zero-order valence-corrected chi connectivity index (χ0v) is 8.51. The van der Waals surface area contributed by atoms with Crippen LogP contribution in [0.5, 0.6) is 0 Å². The van der Waals surface area contributed by atoms with Crippen LogP contribution in [0.4, 0.5) is 0 Å². The van der Waals surface area contributed by atoms with Gasteiger partial charge in [0.25, 0.3) is 0 Å². The van der Waals surface area contributed by atoms with Crippen LogP contribution in [0.2, 0.25) is 0 Å². The highest BCUT2D eigenvalue weighted by Gasteiger charge is 1.90. The summed E-state index contributed by atoms with van der Waals surface area (Å²) in [7, 11) is 4.08. The lowest BCUT2D eigenvalue weighted by Crippen LogP contribution is -2.19. The van der Waals surface area contributed by atoms with Gasteiger partial charge in [0.1, 0.15) is 0 Å². The lowest BCUT2D eigenvalue weighted by Gasteiger charge is -2.09. The number of hydrogen-bond donors (Lipinski definition) is 0. The number of hydrogen-bond acceptors (Lipinski definition) is 3. The third kappa shape index (κ3) is 9.88. The highest BCUT2D eigenvalue weighted by Crippen LogP contribution is 1.82. The molecule has 3 nitrogen and oxygen atoms in total. The van der Waals surface area contributed by atoms with E-state index in [1.807, 2.05) is 14.1 Å². The lowest BCUT2D eigenvalue weighted by atomic mass is 10.5. The highest BCUT2D eigenvalue weighted by molar-refractivity contribution is 4.39. The summed E-state index contributed by atoms with van der Waals surface area (Å²) >= 11 is 0. The second kappa shape index (κ2) is 8.97. The molecule has 0 unspecified atom stereocenters. The second-order valence-electron chi connectivity index (χ2n) is 3.03. The molecule has 74 valence electrons. The summed E-state index contributed by atoms with van der Waals surface area (Å²) in [5.41, 5.74) is 0. The van der Waals surface area contributed by atoms with Gasteiger partial charge in [0.15, 0.2) is 0 Å². The molecule has 0 fully saturated rings. The Morgan fingerprint density at radius 2 is 1.50 bits per heavy atom. The Morgan fingerprint density at radius 3 is 2.00 bits per heavy atom. The second-order valence-corrected chi connectivity index (χ2v) is 3.03. The molecule has 0 atom stereocenters.